The Morgan fingerprint density at radius 1 is 1.52 bits per heavy atom. The number of carbonyl (C=O) groups is 1. The number of carbonyl (C=O) groups excluding carboxylic acids is 1. The lowest BCUT2D eigenvalue weighted by molar-refractivity contribution is -0.128. The summed E-state index contributed by atoms with van der Waals surface area (Å²) in [6.45, 7) is 0.509. The van der Waals surface area contributed by atoms with E-state index in [4.69, 9.17) is 11.6 Å². The summed E-state index contributed by atoms with van der Waals surface area (Å²) in [5, 5.41) is 0.196. The van der Waals surface area contributed by atoms with Gasteiger partial charge >= 0.3 is 0 Å². The second-order valence-corrected chi connectivity index (χ2v) is 6.35. The van der Waals surface area contributed by atoms with Crippen molar-refractivity contribution in [3.8, 4) is 0 Å². The van der Waals surface area contributed by atoms with Crippen molar-refractivity contribution in [2.45, 2.75) is 31.7 Å². The minimum absolute atomic E-state index is 0.0446. The molecule has 0 aromatic heterocycles. The zero-order valence-electron chi connectivity index (χ0n) is 12.2. The summed E-state index contributed by atoms with van der Waals surface area (Å²) < 4.78 is 43.3. The Hall–Kier alpha value is -1.44. The topological polar surface area (TPSA) is 69.7 Å². The third-order valence-electron chi connectivity index (χ3n) is 3.68. The second kappa shape index (κ2) is 8.42. The normalized spacial score (nSPS) is 18.9. The van der Waals surface area contributed by atoms with Crippen LogP contribution in [0.2, 0.25) is 5.02 Å². The van der Waals surface area contributed by atoms with E-state index in [1.807, 2.05) is 6.08 Å². The van der Waals surface area contributed by atoms with Gasteiger partial charge in [-0.05, 0) is 43.0 Å². The fourth-order valence-electron chi connectivity index (χ4n) is 2.69. The highest BCUT2D eigenvalue weighted by molar-refractivity contribution is 7.80. The maximum absolute atomic E-state index is 14.2. The fraction of sp³-hybridized carbons (Fsp3) is 0.400. The van der Waals surface area contributed by atoms with Crippen LogP contribution in [0.4, 0.5) is 10.1 Å². The minimum Gasteiger partial charge on any atom is -0.755 e. The molecule has 8 heteroatoms. The number of nitrogens with zero attached hydrogens (tertiary/aromatic N) is 1. The molecule has 1 aliphatic carbocycles. The number of allylic oxidation sites excluding steroid dienone is 1. The van der Waals surface area contributed by atoms with Crippen LogP contribution in [0.15, 0.2) is 29.8 Å². The summed E-state index contributed by atoms with van der Waals surface area (Å²) >= 11 is 3.08. The molecule has 0 saturated heterocycles. The van der Waals surface area contributed by atoms with Crippen LogP contribution >= 0.6 is 11.6 Å². The summed E-state index contributed by atoms with van der Waals surface area (Å²) in [6, 6.07) is 3.38. The van der Waals surface area contributed by atoms with Crippen molar-refractivity contribution in [3.05, 3.63) is 40.7 Å². The number of benzene rings is 1. The lowest BCUT2D eigenvalue weighted by Gasteiger charge is -2.38. The number of hydrogen-bond donors (Lipinski definition) is 0. The van der Waals surface area contributed by atoms with Gasteiger partial charge in [-0.2, -0.15) is 0 Å². The van der Waals surface area contributed by atoms with Crippen molar-refractivity contribution in [3.63, 3.8) is 0 Å². The molecular formula is C15H16ClFNO4S-. The molecule has 2 atom stereocenters. The number of ether oxygens (including phenoxy) is 1. The molecule has 1 aromatic rings. The standard InChI is InChI=1S/C15H17ClFNO4S/c16-12-5-6-15(13(17)9-12)18(23(20)21)14-4-2-1-3-11(14)7-8-22-10-19/h3,5-6,9-10,14H,1-2,4,7-8H2,(H,20,21)/p-1. The van der Waals surface area contributed by atoms with Gasteiger partial charge in [-0.1, -0.05) is 17.7 Å². The Morgan fingerprint density at radius 3 is 2.96 bits per heavy atom. The molecule has 0 radical (unpaired) electrons. The Kier molecular flexibility index (Phi) is 6.56. The molecule has 2 unspecified atom stereocenters. The van der Waals surface area contributed by atoms with Crippen molar-refractivity contribution in [2.24, 2.45) is 0 Å². The van der Waals surface area contributed by atoms with Crippen LogP contribution in [0, 0.1) is 5.82 Å². The zero-order chi connectivity index (χ0) is 16.8. The Balaban J connectivity index is 2.31. The molecule has 0 amide bonds. The average Bonchev–Trinajstić information content (AvgIpc) is 2.51. The fourth-order valence-corrected chi connectivity index (χ4v) is 3.61. The predicted octanol–water partition coefficient (Wildman–Crippen LogP) is 3.12. The number of anilines is 1. The van der Waals surface area contributed by atoms with E-state index in [0.29, 0.717) is 19.3 Å². The Morgan fingerprint density at radius 2 is 2.30 bits per heavy atom. The van der Waals surface area contributed by atoms with Crippen molar-refractivity contribution < 1.29 is 22.7 Å². The van der Waals surface area contributed by atoms with Gasteiger partial charge in [0, 0.05) is 22.7 Å². The van der Waals surface area contributed by atoms with E-state index < -0.39 is 23.1 Å². The molecule has 1 aromatic carbocycles. The molecule has 0 saturated carbocycles. The average molecular weight is 361 g/mol. The van der Waals surface area contributed by atoms with Gasteiger partial charge in [0.05, 0.1) is 18.3 Å². The highest BCUT2D eigenvalue weighted by Gasteiger charge is 2.27. The Labute approximate surface area is 141 Å². The van der Waals surface area contributed by atoms with Gasteiger partial charge in [0.25, 0.3) is 6.47 Å². The maximum Gasteiger partial charge on any atom is 0.293 e. The quantitative estimate of drug-likeness (QED) is 0.324. The number of hydrogen-bond acceptors (Lipinski definition) is 4. The summed E-state index contributed by atoms with van der Waals surface area (Å²) in [7, 11) is 0. The molecule has 0 heterocycles. The first-order valence-electron chi connectivity index (χ1n) is 7.12. The zero-order valence-corrected chi connectivity index (χ0v) is 13.8. The summed E-state index contributed by atoms with van der Waals surface area (Å²) in [6.07, 6.45) is 4.52. The van der Waals surface area contributed by atoms with Crippen molar-refractivity contribution in [1.29, 1.82) is 0 Å². The molecule has 0 spiro atoms. The monoisotopic (exact) mass is 360 g/mol. The molecule has 5 nitrogen and oxygen atoms in total. The molecule has 23 heavy (non-hydrogen) atoms. The van der Waals surface area contributed by atoms with E-state index in [1.54, 1.807) is 0 Å². The van der Waals surface area contributed by atoms with Gasteiger partial charge in [-0.3, -0.25) is 13.3 Å². The van der Waals surface area contributed by atoms with Crippen LogP contribution in [0.25, 0.3) is 0 Å². The largest absolute Gasteiger partial charge is 0.755 e. The summed E-state index contributed by atoms with van der Waals surface area (Å²) in [5.74, 6) is -0.698. The molecule has 0 fully saturated rings. The molecule has 2 rings (SSSR count). The SMILES string of the molecule is O=COCCC1=CCCCC1N(c1ccc(Cl)cc1F)S(=O)[O-]. The maximum atomic E-state index is 14.2. The van der Waals surface area contributed by atoms with Gasteiger partial charge in [0.15, 0.2) is 0 Å². The highest BCUT2D eigenvalue weighted by atomic mass is 35.5. The van der Waals surface area contributed by atoms with Crippen molar-refractivity contribution in [1.82, 2.24) is 0 Å². The van der Waals surface area contributed by atoms with Gasteiger partial charge in [0.1, 0.15) is 5.82 Å². The van der Waals surface area contributed by atoms with Crippen LogP contribution in [0.1, 0.15) is 25.7 Å². The van der Waals surface area contributed by atoms with Crippen molar-refractivity contribution >= 4 is 35.0 Å². The third-order valence-corrected chi connectivity index (χ3v) is 4.69. The molecular weight excluding hydrogens is 345 g/mol. The van der Waals surface area contributed by atoms with Crippen LogP contribution in [-0.4, -0.2) is 27.9 Å². The van der Waals surface area contributed by atoms with Gasteiger partial charge in [-0.15, -0.1) is 0 Å². The first-order chi connectivity index (χ1) is 11.0. The lowest BCUT2D eigenvalue weighted by Crippen LogP contribution is -2.40. The third kappa shape index (κ3) is 4.53. The second-order valence-electron chi connectivity index (χ2n) is 5.08. The predicted molar refractivity (Wildman–Crippen MR) is 85.2 cm³/mol. The van der Waals surface area contributed by atoms with E-state index in [0.717, 1.165) is 28.8 Å². The van der Waals surface area contributed by atoms with Gasteiger partial charge < -0.3 is 9.29 Å². The first-order valence-corrected chi connectivity index (χ1v) is 8.53. The van der Waals surface area contributed by atoms with Crippen LogP contribution in [0.3, 0.4) is 0 Å². The van der Waals surface area contributed by atoms with Crippen LogP contribution in [-0.2, 0) is 20.8 Å². The summed E-state index contributed by atoms with van der Waals surface area (Å²) in [5.41, 5.74) is 0.772. The van der Waals surface area contributed by atoms with Crippen LogP contribution in [0.5, 0.6) is 0 Å². The number of halogens is 2. The van der Waals surface area contributed by atoms with E-state index in [9.17, 15) is 17.9 Å². The molecule has 0 N–H and O–H groups in total. The van der Waals surface area contributed by atoms with Crippen LogP contribution < -0.4 is 4.31 Å². The van der Waals surface area contributed by atoms with Gasteiger partial charge in [0.2, 0.25) is 0 Å². The van der Waals surface area contributed by atoms with E-state index >= 15 is 0 Å². The molecule has 126 valence electrons. The molecule has 0 bridgehead atoms. The van der Waals surface area contributed by atoms with Gasteiger partial charge in [-0.25, -0.2) is 4.39 Å². The van der Waals surface area contributed by atoms with E-state index in [-0.39, 0.29) is 17.3 Å². The van der Waals surface area contributed by atoms with E-state index in [1.165, 1.54) is 12.1 Å². The smallest absolute Gasteiger partial charge is 0.293 e. The van der Waals surface area contributed by atoms with Crippen molar-refractivity contribution in [2.75, 3.05) is 10.9 Å². The lowest BCUT2D eigenvalue weighted by atomic mass is 9.91. The van der Waals surface area contributed by atoms with E-state index in [2.05, 4.69) is 4.74 Å². The molecule has 1 aliphatic rings. The molecule has 0 aliphatic heterocycles. The minimum atomic E-state index is -2.65. The Bertz CT molecular complexity index is 625. The number of rotatable bonds is 7. The highest BCUT2D eigenvalue weighted by Crippen LogP contribution is 2.33. The summed E-state index contributed by atoms with van der Waals surface area (Å²) in [4.78, 5) is 10.3. The first kappa shape index (κ1) is 17.9.